The summed E-state index contributed by atoms with van der Waals surface area (Å²) in [5.41, 5.74) is 31.5. The van der Waals surface area contributed by atoms with E-state index in [4.69, 9.17) is 28.7 Å². The Hall–Kier alpha value is -8.96. The predicted molar refractivity (Wildman–Crippen MR) is 330 cm³/mol. The summed E-state index contributed by atoms with van der Waals surface area (Å²) in [7, 11) is 0. The molecule has 23 N–H and O–H groups in total. The van der Waals surface area contributed by atoms with Crippen molar-refractivity contribution < 1.29 is 63.0 Å². The van der Waals surface area contributed by atoms with E-state index in [1.54, 1.807) is 80.6 Å². The third-order valence-electron chi connectivity index (χ3n) is 14.4. The minimum Gasteiger partial charge on any atom is -0.391 e. The van der Waals surface area contributed by atoms with Crippen LogP contribution in [0.1, 0.15) is 87.7 Å². The summed E-state index contributed by atoms with van der Waals surface area (Å²) in [4.78, 5) is 155. The van der Waals surface area contributed by atoms with Gasteiger partial charge in [-0.25, -0.2) is 0 Å². The van der Waals surface area contributed by atoms with Gasteiger partial charge in [-0.05, 0) is 113 Å². The number of nitriles is 1. The van der Waals surface area contributed by atoms with Crippen LogP contribution in [0.15, 0.2) is 78.9 Å². The van der Waals surface area contributed by atoms with Crippen molar-refractivity contribution in [3.8, 4) is 17.2 Å². The largest absolute Gasteiger partial charge is 0.391 e. The standard InChI is InChI=1S/C60H87N17O13/c1-32(2)27-45-56(86)71-40(17-22-61)51(81)70-43(20-25-64)55(85)76-48(33(3)78)59(89)67-26-21-44(53(83)69-41(18-23-62)52(82)74-46(57(87)73-45)28-35-11-7-5-8-12-35)72-58(88)47(31-66)75-60(90)49(34(4)79)77-54(84)42(19-24-63)68-50(80)37-15-16-39(38(29-37)30-65)36-13-9-6-10-14-36/h5-16,29,32-34,40-49,78-79H,17-28,31,61-64,66H2,1-4H3,(H,67,89)(H,68,80)(H,69,83)(H,70,81)(H,71,86)(H,72,88)(H,73,87)(H,74,82)(H,75,90)(H,76,85)(H,77,84)/t33-,34-,40+,41+,42+,43+,44+,45+,46-,47+,48+,49+/m1/s1. The molecular weight excluding hydrogens is 1170 g/mol. The van der Waals surface area contributed by atoms with Crippen LogP contribution in [0.3, 0.4) is 0 Å². The van der Waals surface area contributed by atoms with Crippen LogP contribution in [0.25, 0.3) is 11.1 Å². The molecule has 1 aliphatic heterocycles. The average molecular weight is 1250 g/mol. The lowest BCUT2D eigenvalue weighted by atomic mass is 9.98. The van der Waals surface area contributed by atoms with Gasteiger partial charge in [-0.3, -0.25) is 52.7 Å². The van der Waals surface area contributed by atoms with Gasteiger partial charge in [0.2, 0.25) is 59.1 Å². The molecule has 3 aromatic rings. The molecule has 1 aliphatic rings. The van der Waals surface area contributed by atoms with E-state index < -0.39 is 157 Å². The first-order valence-corrected chi connectivity index (χ1v) is 29.7. The van der Waals surface area contributed by atoms with E-state index in [0.29, 0.717) is 11.1 Å². The maximum atomic E-state index is 14.5. The molecular formula is C60H87N17O13. The van der Waals surface area contributed by atoms with Crippen LogP contribution in [0.5, 0.6) is 0 Å². The lowest BCUT2D eigenvalue weighted by molar-refractivity contribution is -0.136. The van der Waals surface area contributed by atoms with Crippen LogP contribution in [-0.4, -0.2) is 187 Å². The number of hydrogen-bond acceptors (Lipinski definition) is 19. The third-order valence-corrected chi connectivity index (χ3v) is 14.4. The van der Waals surface area contributed by atoms with Gasteiger partial charge in [0.05, 0.1) is 23.8 Å². The maximum absolute atomic E-state index is 14.5. The van der Waals surface area contributed by atoms with Crippen LogP contribution in [-0.2, 0) is 54.4 Å². The van der Waals surface area contributed by atoms with Gasteiger partial charge in [0, 0.05) is 25.1 Å². The molecule has 3 aromatic carbocycles. The van der Waals surface area contributed by atoms with Gasteiger partial charge in [0.15, 0.2) is 0 Å². The van der Waals surface area contributed by atoms with Crippen molar-refractivity contribution in [2.45, 2.75) is 145 Å². The molecule has 0 spiro atoms. The van der Waals surface area contributed by atoms with Crippen molar-refractivity contribution in [3.05, 3.63) is 95.6 Å². The van der Waals surface area contributed by atoms with Crippen LogP contribution in [0, 0.1) is 17.2 Å². The van der Waals surface area contributed by atoms with E-state index >= 15 is 0 Å². The molecule has 4 rings (SSSR count). The number of carbonyl (C=O) groups is 11. The van der Waals surface area contributed by atoms with Crippen molar-refractivity contribution in [1.29, 1.82) is 5.26 Å². The second-order valence-electron chi connectivity index (χ2n) is 22.1. The molecule has 1 saturated heterocycles. The summed E-state index contributed by atoms with van der Waals surface area (Å²) in [5, 5.41) is 59.2. The molecule has 0 aromatic heterocycles. The zero-order chi connectivity index (χ0) is 66.6. The highest BCUT2D eigenvalue weighted by Crippen LogP contribution is 2.24. The maximum Gasteiger partial charge on any atom is 0.251 e. The van der Waals surface area contributed by atoms with Crippen LogP contribution in [0.4, 0.5) is 0 Å². The number of amides is 11. The van der Waals surface area contributed by atoms with Gasteiger partial charge in [-0.2, -0.15) is 5.26 Å². The Kier molecular flexibility index (Phi) is 30.3. The van der Waals surface area contributed by atoms with Crippen molar-refractivity contribution >= 4 is 65.0 Å². The topological polar surface area (TPSA) is 514 Å². The SMILES string of the molecule is CC(C)C[C@@H]1NC(=O)[C@@H](Cc2ccccc2)NC(=O)[C@H](CCN)NC(=O)[C@@H](NC(=O)[C@H](CN)NC(=O)[C@@H](NC(=O)[C@H](CCN)NC(=O)c2ccc(-c3ccccc3)c(C#N)c2)[C@@H](C)O)CCNC(=O)[C@H]([C@@H](C)O)NC(=O)[C@H](CCN)NC(=O)[C@H](CCN)NC1=O. The summed E-state index contributed by atoms with van der Waals surface area (Å²) in [6.07, 6.45) is -4.61. The minimum absolute atomic E-state index is 0.0196. The molecule has 90 heavy (non-hydrogen) atoms. The fourth-order valence-electron chi connectivity index (χ4n) is 9.56. The van der Waals surface area contributed by atoms with E-state index in [2.05, 4.69) is 64.6 Å². The highest BCUT2D eigenvalue weighted by atomic mass is 16.3. The monoisotopic (exact) mass is 1250 g/mol. The van der Waals surface area contributed by atoms with Gasteiger partial charge >= 0.3 is 0 Å². The van der Waals surface area contributed by atoms with Gasteiger partial charge in [0.1, 0.15) is 60.4 Å². The number of aliphatic hydroxyl groups is 2. The molecule has 30 nitrogen and oxygen atoms in total. The zero-order valence-corrected chi connectivity index (χ0v) is 50.9. The first-order valence-electron chi connectivity index (χ1n) is 29.7. The normalized spacial score (nSPS) is 21.7. The molecule has 12 atom stereocenters. The second-order valence-corrected chi connectivity index (χ2v) is 22.1. The van der Waals surface area contributed by atoms with Crippen molar-refractivity contribution in [3.63, 3.8) is 0 Å². The van der Waals surface area contributed by atoms with E-state index in [0.717, 1.165) is 12.5 Å². The smallest absolute Gasteiger partial charge is 0.251 e. The lowest BCUT2D eigenvalue weighted by Crippen LogP contribution is -2.63. The fraction of sp³-hybridized carbons (Fsp3) is 0.500. The number of aliphatic hydroxyl groups excluding tert-OH is 2. The highest BCUT2D eigenvalue weighted by Gasteiger charge is 2.38. The van der Waals surface area contributed by atoms with Crippen molar-refractivity contribution in [2.24, 2.45) is 34.6 Å². The minimum atomic E-state index is -1.81. The molecule has 1 fully saturated rings. The molecule has 0 bridgehead atoms. The van der Waals surface area contributed by atoms with Crippen LogP contribution < -0.4 is 87.2 Å². The Balaban J connectivity index is 1.68. The summed E-state index contributed by atoms with van der Waals surface area (Å²) >= 11 is 0. The number of rotatable bonds is 24. The quantitative estimate of drug-likeness (QED) is 0.0398. The number of nitrogens with zero attached hydrogens (tertiary/aromatic N) is 1. The molecule has 1 heterocycles. The van der Waals surface area contributed by atoms with Gasteiger partial charge in [-0.1, -0.05) is 80.6 Å². The number of nitrogens with one attached hydrogen (secondary N) is 11. The van der Waals surface area contributed by atoms with E-state index in [-0.39, 0.29) is 81.7 Å². The first kappa shape index (κ1) is 73.5. The molecule has 30 heteroatoms. The van der Waals surface area contributed by atoms with Gasteiger partial charge in [-0.15, -0.1) is 0 Å². The number of hydrogen-bond donors (Lipinski definition) is 18. The summed E-state index contributed by atoms with van der Waals surface area (Å²) in [6.45, 7) is 4.08. The van der Waals surface area contributed by atoms with Gasteiger partial charge < -0.3 is 97.4 Å². The van der Waals surface area contributed by atoms with E-state index in [9.17, 15) is 68.2 Å². The van der Waals surface area contributed by atoms with Gasteiger partial charge in [0.25, 0.3) is 5.91 Å². The first-order chi connectivity index (χ1) is 42.9. The average Bonchev–Trinajstić information content (AvgIpc) is 3.19. The number of benzene rings is 3. The summed E-state index contributed by atoms with van der Waals surface area (Å²) in [6, 6.07) is 8.44. The van der Waals surface area contributed by atoms with Crippen molar-refractivity contribution in [1.82, 2.24) is 58.5 Å². The Bertz CT molecular complexity index is 2990. The zero-order valence-electron chi connectivity index (χ0n) is 50.9. The third kappa shape index (κ3) is 22.6. The number of carbonyl (C=O) groups excluding carboxylic acids is 11. The highest BCUT2D eigenvalue weighted by molar-refractivity contribution is 6.01. The Morgan fingerprint density at radius 1 is 0.589 bits per heavy atom. The predicted octanol–water partition coefficient (Wildman–Crippen LogP) is -5.39. The van der Waals surface area contributed by atoms with E-state index in [1.807, 2.05) is 0 Å². The summed E-state index contributed by atoms with van der Waals surface area (Å²) < 4.78 is 0. The van der Waals surface area contributed by atoms with E-state index in [1.165, 1.54) is 19.1 Å². The van der Waals surface area contributed by atoms with Crippen molar-refractivity contribution in [2.75, 3.05) is 39.3 Å². The Morgan fingerprint density at radius 3 is 1.63 bits per heavy atom. The fourth-order valence-corrected chi connectivity index (χ4v) is 9.56. The number of nitrogens with two attached hydrogens (primary N) is 5. The molecule has 0 unspecified atom stereocenters. The molecule has 0 radical (unpaired) electrons. The Labute approximate surface area is 521 Å². The molecule has 0 saturated carbocycles. The molecule has 11 amide bonds. The molecule has 0 aliphatic carbocycles. The summed E-state index contributed by atoms with van der Waals surface area (Å²) in [5.74, 6) is -10.8. The van der Waals surface area contributed by atoms with Crippen LogP contribution in [0.2, 0.25) is 0 Å². The Morgan fingerprint density at radius 2 is 1.11 bits per heavy atom. The lowest BCUT2D eigenvalue weighted by Gasteiger charge is -2.28. The van der Waals surface area contributed by atoms with Crippen LogP contribution >= 0.6 is 0 Å². The second kappa shape index (κ2) is 37.1. The molecule has 490 valence electrons.